The SMILES string of the molecule is [2H]c1c([2H])c([2H])c(-c2c([2H])c([2H])c3c(-c4c([2H])c([2H])c([2H])c([2H])c4[2H])c4c([2H])c([2H])c([2H])c([2H])c4c(-c4c([2H])c([2H])c5c(c4[2H])c([2H])c([2H])c4c([2H])c([2H])c([2H])c([2H])c45)c3c2[2H])c([2H])c1[2H].[2H]c1c([2H])c([2H])c(-c2c([2H])c([2H])c3c(-c4c([2H])c([2H])c5c(c4[2H])c([2H])c([2H])c4c([2H])c([2H])c([2H])c([2H])c45)c4c([2H])c([2H])c([2H])c([2H])c4c(-c4c([2H])c([2H])c([2H])c([2H])c4[2H])c3c2[2H])c([2H])c1[2H].[2H]c1c([2H])c([2H])c(-c2c3c([2H])c([2H])c([2H])c([2H])c3c(-c3c([2H])c([2H])c4c(c3[2H])c([2H])c([2H])c3c([2H])c([2H])c([2H])c([2H])c34)c3c([2H])c([2H])c(-c4c([2H])c([2H])c([2H])c5c([2H])c([2H])c([2H])c([2H])c45)c([2H])c23)c([2H])c1[2H]. The minimum atomic E-state index is -1.12. The van der Waals surface area contributed by atoms with Gasteiger partial charge in [-0.05, 0) is 276 Å². The molecule has 576 valence electrons. The predicted molar refractivity (Wildman–Crippen MR) is 536 cm³/mol. The van der Waals surface area contributed by atoms with Crippen LogP contribution in [0.5, 0.6) is 0 Å². The number of rotatable bonds is 9. The lowest BCUT2D eigenvalue weighted by Crippen LogP contribution is -1.92. The molecule has 0 amide bonds. The fourth-order valence-corrected chi connectivity index (χ4v) is 14.5. The summed E-state index contributed by atoms with van der Waals surface area (Å²) >= 11 is 0. The second kappa shape index (κ2) is 31.2. The maximum atomic E-state index is 10.1. The molecule has 0 unspecified atom stereocenters. The van der Waals surface area contributed by atoms with Gasteiger partial charge in [-0.2, -0.15) is 0 Å². The lowest BCUT2D eigenvalue weighted by atomic mass is 9.84. The van der Waals surface area contributed by atoms with Crippen molar-refractivity contribution in [2.24, 2.45) is 0 Å². The van der Waals surface area contributed by atoms with E-state index in [1.54, 1.807) is 0 Å². The zero-order valence-corrected chi connectivity index (χ0v) is 62.0. The first-order valence-electron chi connectivity index (χ1n) is 76.5. The normalized spacial score (nSPS) is 20.6. The monoisotopic (exact) mass is 1650 g/mol. The highest BCUT2D eigenvalue weighted by atomic mass is 14.3. The van der Waals surface area contributed by atoms with E-state index in [1.165, 1.54) is 0 Å². The maximum absolute atomic E-state index is 10.1. The van der Waals surface area contributed by atoms with Crippen LogP contribution in [-0.2, 0) is 0 Å². The van der Waals surface area contributed by atoms with Gasteiger partial charge in [0.25, 0.3) is 0 Å². The number of hydrogen-bond donors (Lipinski definition) is 0. The van der Waals surface area contributed by atoms with E-state index in [2.05, 4.69) is 0 Å². The van der Waals surface area contributed by atoms with Crippen molar-refractivity contribution < 1.29 is 110 Å². The van der Waals surface area contributed by atoms with Gasteiger partial charge in [-0.3, -0.25) is 0 Å². The van der Waals surface area contributed by atoms with Crippen LogP contribution in [-0.4, -0.2) is 0 Å². The van der Waals surface area contributed by atoms with Crippen LogP contribution in [0.2, 0.25) is 0 Å². The molecule has 0 heteroatoms. The standard InChI is InChI=1S/C44H28.2C40H26/c1-2-13-31(14-3-1)43-39-18-8-9-19-40(39)44(34-24-25-38-32(27-34)22-21-30-12-5-7-17-36(30)38)41-26-23-33(28-42(41)43)37-20-10-15-29-11-4-6-16-35(29)37;1-3-11-27(12-4-1)30-21-24-37-38(26-30)39(29-14-5-2-6-15-29)35-17-9-10-18-36(35)40(37)32-22-23-34-31(25-32)20-19-28-13-7-8-16-33(28)34;1-3-11-27(12-4-1)30-21-24-37-38(26-30)40(36-18-10-9-17-35(36)39(37)29-14-5-2-6-15-29)32-22-23-34-31(25-32)20-19-28-13-7-8-16-33(28)34/h1-28H;2*1-26H/i1D,2D,3D,4D,5D,6D,7D,8D,9D,10D,11D,12D,13D,14D,15D,16D,17D,18D,19D,20D,21D,22D,23D,24D,25D,26D,27D,28D;2*1D,2D,3D,4D,5D,6D,7D,8D,9D,10D,11D,12D,13D,14D,15D,16D,17D,18D,19D,20D,21D,22D,23D,24D,25D,26D. The molecule has 124 heavy (non-hydrogen) atoms. The second-order valence-corrected chi connectivity index (χ2v) is 26.5. The topological polar surface area (TPSA) is 0 Å². The molecule has 0 saturated carbocycles. The highest BCUT2D eigenvalue weighted by Crippen LogP contribution is 2.51. The molecule has 0 N–H and O–H groups in total. The van der Waals surface area contributed by atoms with E-state index in [1.807, 2.05) is 0 Å². The summed E-state index contributed by atoms with van der Waals surface area (Å²) in [4.78, 5) is 0. The third kappa shape index (κ3) is 13.0. The summed E-state index contributed by atoms with van der Waals surface area (Å²) in [5.41, 5.74) is -14.5. The molecule has 0 heterocycles. The average Bonchev–Trinajstić information content (AvgIpc) is 0.660. The predicted octanol–water partition coefficient (Wildman–Crippen LogP) is 35.1. The molecule has 0 bridgehead atoms. The Balaban J connectivity index is 0.000000157. The van der Waals surface area contributed by atoms with Crippen LogP contribution in [0.15, 0.2) is 483 Å². The third-order valence-corrected chi connectivity index (χ3v) is 19.8. The van der Waals surface area contributed by atoms with E-state index in [9.17, 15) is 32.9 Å². The molecule has 0 radical (unpaired) electrons. The van der Waals surface area contributed by atoms with Crippen molar-refractivity contribution in [2.45, 2.75) is 0 Å². The summed E-state index contributed by atoms with van der Waals surface area (Å²) in [7, 11) is 0. The minimum absolute atomic E-state index is 0.505. The van der Waals surface area contributed by atoms with Gasteiger partial charge in [0.2, 0.25) is 0 Å². The van der Waals surface area contributed by atoms with Crippen molar-refractivity contribution in [1.29, 1.82) is 0 Å². The summed E-state index contributed by atoms with van der Waals surface area (Å²) < 4.78 is 714. The van der Waals surface area contributed by atoms with Crippen molar-refractivity contribution in [1.82, 2.24) is 0 Å². The van der Waals surface area contributed by atoms with E-state index in [0.29, 0.717) is 0 Å². The van der Waals surface area contributed by atoms with Crippen LogP contribution in [0.25, 0.3) is 240 Å². The lowest BCUT2D eigenvalue weighted by molar-refractivity contribution is 1.63. The zero-order valence-electron chi connectivity index (χ0n) is 142. The molecule has 25 aromatic rings. The lowest BCUT2D eigenvalue weighted by Gasteiger charge is -2.19. The zero-order chi connectivity index (χ0) is 152. The Bertz CT molecular complexity index is 13600. The van der Waals surface area contributed by atoms with Crippen LogP contribution >= 0.6 is 0 Å². The number of hydrogen-bond acceptors (Lipinski definition) is 0. The van der Waals surface area contributed by atoms with Crippen molar-refractivity contribution in [2.75, 3.05) is 0 Å². The van der Waals surface area contributed by atoms with Gasteiger partial charge < -0.3 is 0 Å². The quantitative estimate of drug-likeness (QED) is 0.0998. The van der Waals surface area contributed by atoms with E-state index in [4.69, 9.17) is 76.8 Å². The first-order chi connectivity index (χ1) is 94.9. The summed E-state index contributed by atoms with van der Waals surface area (Å²) in [6.45, 7) is 0. The van der Waals surface area contributed by atoms with Crippen LogP contribution in [0.3, 0.4) is 0 Å². The third-order valence-electron chi connectivity index (χ3n) is 19.8. The summed E-state index contributed by atoms with van der Waals surface area (Å²) in [5, 5.41) is -17.5. The smallest absolute Gasteiger partial charge is 0.0622 e. The summed E-state index contributed by atoms with van der Waals surface area (Å²) in [6.07, 6.45) is 0. The van der Waals surface area contributed by atoms with Gasteiger partial charge in [-0.25, -0.2) is 0 Å². The Morgan fingerprint density at radius 3 is 0.637 bits per heavy atom. The summed E-state index contributed by atoms with van der Waals surface area (Å²) in [5.74, 6) is 0. The van der Waals surface area contributed by atoms with E-state index in [-0.39, 0.29) is 0 Å². The van der Waals surface area contributed by atoms with Gasteiger partial charge in [0, 0.05) is 0 Å². The molecule has 0 saturated heterocycles. The molecule has 0 atom stereocenters. The molecule has 0 fully saturated rings. The fourth-order valence-electron chi connectivity index (χ4n) is 14.5. The number of fused-ring (bicyclic) bond motifs is 16. The van der Waals surface area contributed by atoms with Gasteiger partial charge in [-0.15, -0.1) is 0 Å². The molecule has 0 aliphatic carbocycles. The second-order valence-electron chi connectivity index (χ2n) is 26.5. The summed E-state index contributed by atoms with van der Waals surface area (Å²) in [6, 6.07) is -75.5. The molecule has 25 aromatic carbocycles. The molecule has 0 aliphatic heterocycles. The first-order valence-corrected chi connectivity index (χ1v) is 36.5. The van der Waals surface area contributed by atoms with Crippen molar-refractivity contribution >= 4 is 140 Å². The molecule has 0 spiro atoms. The Hall–Kier alpha value is -16.1. The maximum Gasteiger partial charge on any atom is 0.0636 e. The van der Waals surface area contributed by atoms with Crippen molar-refractivity contribution in [3.05, 3.63) is 483 Å². The van der Waals surface area contributed by atoms with Crippen LogP contribution in [0.4, 0.5) is 0 Å². The fraction of sp³-hybridized carbons (Fsp3) is 0. The Kier molecular flexibility index (Phi) is 7.05. The van der Waals surface area contributed by atoms with Crippen molar-refractivity contribution in [3.63, 3.8) is 0 Å². The molecule has 0 aromatic heterocycles. The number of benzene rings is 25. The molecule has 0 nitrogen and oxygen atoms in total. The minimum Gasteiger partial charge on any atom is -0.0622 e. The Morgan fingerprint density at radius 1 is 0.0968 bits per heavy atom. The van der Waals surface area contributed by atoms with E-state index >= 15 is 0 Å². The molecular weight excluding hydrogens is 1490 g/mol. The van der Waals surface area contributed by atoms with E-state index in [0.717, 1.165) is 0 Å². The van der Waals surface area contributed by atoms with Crippen molar-refractivity contribution in [3.8, 4) is 100 Å². The molecule has 25 rings (SSSR count). The highest BCUT2D eigenvalue weighted by molar-refractivity contribution is 6.27. The van der Waals surface area contributed by atoms with Gasteiger partial charge in [0.15, 0.2) is 0 Å². The molecular formula is C124H80. The van der Waals surface area contributed by atoms with Gasteiger partial charge >= 0.3 is 0 Å². The van der Waals surface area contributed by atoms with Crippen LogP contribution < -0.4 is 0 Å². The Morgan fingerprint density at radius 2 is 0.298 bits per heavy atom. The largest absolute Gasteiger partial charge is 0.0636 e. The average molecular weight is 1650 g/mol. The van der Waals surface area contributed by atoms with Crippen LogP contribution in [0, 0.1) is 0 Å². The molecule has 0 aliphatic rings. The Labute approximate surface area is 832 Å². The first kappa shape index (κ1) is 28.0. The van der Waals surface area contributed by atoms with E-state index < -0.39 is 724 Å². The van der Waals surface area contributed by atoms with Crippen LogP contribution in [0.1, 0.15) is 110 Å². The highest BCUT2D eigenvalue weighted by Gasteiger charge is 2.23. The van der Waals surface area contributed by atoms with Gasteiger partial charge in [0.05, 0.1) is 110 Å². The van der Waals surface area contributed by atoms with Gasteiger partial charge in [-0.1, -0.05) is 447 Å². The van der Waals surface area contributed by atoms with Gasteiger partial charge in [0.1, 0.15) is 0 Å².